The van der Waals surface area contributed by atoms with Crippen LogP contribution in [0.25, 0.3) is 0 Å². The van der Waals surface area contributed by atoms with Crippen LogP contribution >= 0.6 is 0 Å². The summed E-state index contributed by atoms with van der Waals surface area (Å²) >= 11 is 0. The molecule has 1 fully saturated rings. The summed E-state index contributed by atoms with van der Waals surface area (Å²) in [6, 6.07) is 4.08. The lowest BCUT2D eigenvalue weighted by molar-refractivity contribution is 0.0696. The summed E-state index contributed by atoms with van der Waals surface area (Å²) in [4.78, 5) is 10.6. The van der Waals surface area contributed by atoms with E-state index in [1.165, 1.54) is 24.3 Å². The summed E-state index contributed by atoms with van der Waals surface area (Å²) in [5.74, 6) is -1.39. The van der Waals surface area contributed by atoms with Crippen molar-refractivity contribution in [1.29, 1.82) is 0 Å². The molecule has 7 nitrogen and oxygen atoms in total. The zero-order valence-corrected chi connectivity index (χ0v) is 11.9. The van der Waals surface area contributed by atoms with Gasteiger partial charge in [0, 0.05) is 6.04 Å². The van der Waals surface area contributed by atoms with Crippen LogP contribution in [0.4, 0.5) is 0 Å². The van der Waals surface area contributed by atoms with E-state index in [9.17, 15) is 21.6 Å². The van der Waals surface area contributed by atoms with Crippen LogP contribution in [0.5, 0.6) is 0 Å². The highest BCUT2D eigenvalue weighted by Gasteiger charge is 2.31. The summed E-state index contributed by atoms with van der Waals surface area (Å²) in [7, 11) is -7.02. The second-order valence-electron chi connectivity index (χ2n) is 4.55. The second kappa shape index (κ2) is 5.15. The van der Waals surface area contributed by atoms with E-state index in [4.69, 9.17) is 5.11 Å². The molecule has 1 aliphatic heterocycles. The number of sulfonamides is 1. The molecule has 20 heavy (non-hydrogen) atoms. The Kier molecular flexibility index (Phi) is 3.85. The Hall–Kier alpha value is -1.45. The van der Waals surface area contributed by atoms with Crippen LogP contribution in [0.1, 0.15) is 16.8 Å². The summed E-state index contributed by atoms with van der Waals surface area (Å²) < 4.78 is 48.9. The summed E-state index contributed by atoms with van der Waals surface area (Å²) in [5.41, 5.74) is -0.0209. The molecule has 1 heterocycles. The van der Waals surface area contributed by atoms with E-state index in [2.05, 4.69) is 4.72 Å². The molecule has 9 heteroatoms. The molecule has 0 amide bonds. The standard InChI is InChI=1S/C11H13NO6S2/c13-11(14)8-1-3-10(4-2-8)20(17,18)12-9-5-6-19(15,16)7-9/h1-4,9,12H,5-7H2,(H,13,14)/t9-/m0/s1. The fraction of sp³-hybridized carbons (Fsp3) is 0.364. The van der Waals surface area contributed by atoms with Crippen molar-refractivity contribution < 1.29 is 26.7 Å². The van der Waals surface area contributed by atoms with Gasteiger partial charge in [-0.25, -0.2) is 26.4 Å². The van der Waals surface area contributed by atoms with Crippen molar-refractivity contribution in [3.05, 3.63) is 29.8 Å². The number of aromatic carboxylic acids is 1. The Labute approximate surface area is 116 Å². The second-order valence-corrected chi connectivity index (χ2v) is 8.49. The monoisotopic (exact) mass is 319 g/mol. The third-order valence-electron chi connectivity index (χ3n) is 2.97. The lowest BCUT2D eigenvalue weighted by atomic mass is 10.2. The number of hydrogen-bond donors (Lipinski definition) is 2. The smallest absolute Gasteiger partial charge is 0.335 e. The zero-order chi connectivity index (χ0) is 15.0. The molecule has 0 aromatic heterocycles. The number of nitrogens with one attached hydrogen (secondary N) is 1. The first-order valence-corrected chi connectivity index (χ1v) is 9.06. The molecule has 0 saturated carbocycles. The van der Waals surface area contributed by atoms with Crippen LogP contribution in [0.3, 0.4) is 0 Å². The van der Waals surface area contributed by atoms with Gasteiger partial charge in [-0.05, 0) is 30.7 Å². The molecule has 2 rings (SSSR count). The quantitative estimate of drug-likeness (QED) is 0.797. The van der Waals surface area contributed by atoms with Crippen LogP contribution < -0.4 is 4.72 Å². The van der Waals surface area contributed by atoms with E-state index in [1.54, 1.807) is 0 Å². The lowest BCUT2D eigenvalue weighted by Gasteiger charge is -2.11. The van der Waals surface area contributed by atoms with Crippen LogP contribution in [0.15, 0.2) is 29.2 Å². The average Bonchev–Trinajstić information content (AvgIpc) is 2.68. The highest BCUT2D eigenvalue weighted by Crippen LogP contribution is 2.16. The molecule has 0 aliphatic carbocycles. The molecule has 1 saturated heterocycles. The number of carbonyl (C=O) groups is 1. The number of rotatable bonds is 4. The predicted octanol–water partition coefficient (Wildman–Crippen LogP) is -0.150. The van der Waals surface area contributed by atoms with Gasteiger partial charge in [0.25, 0.3) is 0 Å². The van der Waals surface area contributed by atoms with Crippen LogP contribution in [0.2, 0.25) is 0 Å². The third-order valence-corrected chi connectivity index (χ3v) is 6.27. The molecule has 110 valence electrons. The number of sulfone groups is 1. The molecular weight excluding hydrogens is 306 g/mol. The van der Waals surface area contributed by atoms with Gasteiger partial charge in [-0.2, -0.15) is 0 Å². The molecule has 2 N–H and O–H groups in total. The molecule has 1 aliphatic rings. The maximum atomic E-state index is 12.0. The van der Waals surface area contributed by atoms with Gasteiger partial charge in [-0.1, -0.05) is 0 Å². The van der Waals surface area contributed by atoms with E-state index in [0.717, 1.165) is 0 Å². The first-order chi connectivity index (χ1) is 9.20. The SMILES string of the molecule is O=C(O)c1ccc(S(=O)(=O)N[C@H]2CCS(=O)(=O)C2)cc1. The minimum atomic E-state index is -3.84. The van der Waals surface area contributed by atoms with Gasteiger partial charge in [0.15, 0.2) is 9.84 Å². The van der Waals surface area contributed by atoms with Crippen LogP contribution in [-0.4, -0.2) is 45.5 Å². The normalized spacial score (nSPS) is 21.7. The zero-order valence-electron chi connectivity index (χ0n) is 10.3. The van der Waals surface area contributed by atoms with Crippen LogP contribution in [-0.2, 0) is 19.9 Å². The van der Waals surface area contributed by atoms with Gasteiger partial charge in [0.2, 0.25) is 10.0 Å². The minimum absolute atomic E-state index is 0.0209. The van der Waals surface area contributed by atoms with Gasteiger partial charge < -0.3 is 5.11 Å². The average molecular weight is 319 g/mol. The van der Waals surface area contributed by atoms with Crippen LogP contribution in [0, 0.1) is 0 Å². The molecule has 1 atom stereocenters. The van der Waals surface area contributed by atoms with Crippen molar-refractivity contribution >= 4 is 25.8 Å². The van der Waals surface area contributed by atoms with E-state index in [1.807, 2.05) is 0 Å². The van der Waals surface area contributed by atoms with E-state index < -0.39 is 31.9 Å². The van der Waals surface area contributed by atoms with Gasteiger partial charge in [-0.3, -0.25) is 0 Å². The van der Waals surface area contributed by atoms with Crippen molar-refractivity contribution in [2.75, 3.05) is 11.5 Å². The van der Waals surface area contributed by atoms with Crippen molar-refractivity contribution in [2.45, 2.75) is 17.4 Å². The molecule has 1 aromatic rings. The third kappa shape index (κ3) is 3.35. The Morgan fingerprint density at radius 1 is 1.25 bits per heavy atom. The number of carboxylic acids is 1. The Morgan fingerprint density at radius 2 is 1.85 bits per heavy atom. The van der Waals surface area contributed by atoms with E-state index in [0.29, 0.717) is 0 Å². The maximum absolute atomic E-state index is 12.0. The Bertz CT molecular complexity index is 721. The Balaban J connectivity index is 2.16. The van der Waals surface area contributed by atoms with Gasteiger partial charge in [-0.15, -0.1) is 0 Å². The first-order valence-electron chi connectivity index (χ1n) is 5.76. The lowest BCUT2D eigenvalue weighted by Crippen LogP contribution is -2.35. The van der Waals surface area contributed by atoms with Crippen molar-refractivity contribution in [3.63, 3.8) is 0 Å². The predicted molar refractivity (Wildman–Crippen MR) is 70.8 cm³/mol. The molecule has 0 unspecified atom stereocenters. The summed E-state index contributed by atoms with van der Waals surface area (Å²) in [6.07, 6.45) is 0.245. The fourth-order valence-corrected chi connectivity index (χ4v) is 5.00. The van der Waals surface area contributed by atoms with Gasteiger partial charge in [0.1, 0.15) is 0 Å². The summed E-state index contributed by atoms with van der Waals surface area (Å²) in [6.45, 7) is 0. The minimum Gasteiger partial charge on any atom is -0.478 e. The molecule has 0 bridgehead atoms. The number of benzene rings is 1. The maximum Gasteiger partial charge on any atom is 0.335 e. The Morgan fingerprint density at radius 3 is 2.30 bits per heavy atom. The molecule has 0 radical (unpaired) electrons. The van der Waals surface area contributed by atoms with Crippen molar-refractivity contribution in [2.24, 2.45) is 0 Å². The highest BCUT2D eigenvalue weighted by molar-refractivity contribution is 7.92. The highest BCUT2D eigenvalue weighted by atomic mass is 32.2. The van der Waals surface area contributed by atoms with Crippen molar-refractivity contribution in [1.82, 2.24) is 4.72 Å². The molecule has 0 spiro atoms. The molecular formula is C11H13NO6S2. The first kappa shape index (κ1) is 14.9. The van der Waals surface area contributed by atoms with Crippen molar-refractivity contribution in [3.8, 4) is 0 Å². The fourth-order valence-electron chi connectivity index (χ4n) is 1.95. The van der Waals surface area contributed by atoms with E-state index >= 15 is 0 Å². The topological polar surface area (TPSA) is 118 Å². The largest absolute Gasteiger partial charge is 0.478 e. The summed E-state index contributed by atoms with van der Waals surface area (Å²) in [5, 5.41) is 8.73. The van der Waals surface area contributed by atoms with E-state index in [-0.39, 0.29) is 28.4 Å². The van der Waals surface area contributed by atoms with Gasteiger partial charge in [0.05, 0.1) is 22.0 Å². The number of carboxylic acid groups (broad SMARTS) is 1. The van der Waals surface area contributed by atoms with Gasteiger partial charge >= 0.3 is 5.97 Å². The molecule has 1 aromatic carbocycles. The number of hydrogen-bond acceptors (Lipinski definition) is 5.